The van der Waals surface area contributed by atoms with E-state index in [1.807, 2.05) is 19.3 Å². The Hall–Kier alpha value is -1.41. The molecular formula is C16H22N2. The van der Waals surface area contributed by atoms with E-state index < -0.39 is 0 Å². The Bertz CT molecular complexity index is 531. The standard InChI is InChI=1S/C16H22N2/c1-12(17-4)11-16(2,3)14-7-8-15-13(10-14)6-5-9-18-15/h5-10,12,17H,11H2,1-4H3. The highest BCUT2D eigenvalue weighted by Crippen LogP contribution is 2.30. The first-order chi connectivity index (χ1) is 8.53. The Morgan fingerprint density at radius 3 is 2.78 bits per heavy atom. The van der Waals surface area contributed by atoms with Crippen LogP contribution in [-0.4, -0.2) is 18.1 Å². The summed E-state index contributed by atoms with van der Waals surface area (Å²) in [5.41, 5.74) is 2.62. The Morgan fingerprint density at radius 1 is 1.28 bits per heavy atom. The minimum absolute atomic E-state index is 0.173. The third-order valence-electron chi connectivity index (χ3n) is 3.69. The summed E-state index contributed by atoms with van der Waals surface area (Å²) in [5, 5.41) is 4.54. The summed E-state index contributed by atoms with van der Waals surface area (Å²) >= 11 is 0. The van der Waals surface area contributed by atoms with Crippen molar-refractivity contribution in [2.75, 3.05) is 7.05 Å². The number of nitrogens with zero attached hydrogens (tertiary/aromatic N) is 1. The lowest BCUT2D eigenvalue weighted by atomic mass is 9.79. The first kappa shape index (κ1) is 13.0. The molecule has 1 heterocycles. The van der Waals surface area contributed by atoms with E-state index in [0.29, 0.717) is 6.04 Å². The molecule has 2 aromatic rings. The predicted octanol–water partition coefficient (Wildman–Crippen LogP) is 3.51. The quantitative estimate of drug-likeness (QED) is 0.887. The SMILES string of the molecule is CNC(C)CC(C)(C)c1ccc2ncccc2c1. The van der Waals surface area contributed by atoms with Crippen molar-refractivity contribution in [3.05, 3.63) is 42.1 Å². The van der Waals surface area contributed by atoms with Crippen molar-refractivity contribution in [3.63, 3.8) is 0 Å². The van der Waals surface area contributed by atoms with Crippen molar-refractivity contribution in [1.82, 2.24) is 10.3 Å². The average Bonchev–Trinajstić information content (AvgIpc) is 2.37. The highest BCUT2D eigenvalue weighted by Gasteiger charge is 2.23. The number of aromatic nitrogens is 1. The van der Waals surface area contributed by atoms with Crippen LogP contribution >= 0.6 is 0 Å². The van der Waals surface area contributed by atoms with Gasteiger partial charge < -0.3 is 5.32 Å². The molecule has 96 valence electrons. The van der Waals surface area contributed by atoms with Gasteiger partial charge in [0.05, 0.1) is 5.52 Å². The lowest BCUT2D eigenvalue weighted by Gasteiger charge is -2.28. The van der Waals surface area contributed by atoms with Crippen molar-refractivity contribution < 1.29 is 0 Å². The lowest BCUT2D eigenvalue weighted by Crippen LogP contribution is -2.30. The second-order valence-corrected chi connectivity index (χ2v) is 5.69. The molecule has 0 spiro atoms. The van der Waals surface area contributed by atoms with Crippen LogP contribution in [0.5, 0.6) is 0 Å². The van der Waals surface area contributed by atoms with Crippen LogP contribution < -0.4 is 5.32 Å². The van der Waals surface area contributed by atoms with Crippen LogP contribution in [0, 0.1) is 0 Å². The van der Waals surface area contributed by atoms with Crippen LogP contribution in [0.3, 0.4) is 0 Å². The smallest absolute Gasteiger partial charge is 0.0702 e. The normalized spacial score (nSPS) is 13.8. The number of hydrogen-bond donors (Lipinski definition) is 1. The minimum Gasteiger partial charge on any atom is -0.317 e. The fourth-order valence-corrected chi connectivity index (χ4v) is 2.48. The molecule has 2 rings (SSSR count). The van der Waals surface area contributed by atoms with Crippen LogP contribution in [0.2, 0.25) is 0 Å². The van der Waals surface area contributed by atoms with E-state index in [2.05, 4.69) is 55.3 Å². The molecule has 18 heavy (non-hydrogen) atoms. The zero-order valence-electron chi connectivity index (χ0n) is 11.7. The molecule has 0 bridgehead atoms. The van der Waals surface area contributed by atoms with Gasteiger partial charge in [0, 0.05) is 17.6 Å². The highest BCUT2D eigenvalue weighted by molar-refractivity contribution is 5.79. The van der Waals surface area contributed by atoms with Gasteiger partial charge in [0.2, 0.25) is 0 Å². The van der Waals surface area contributed by atoms with E-state index in [0.717, 1.165) is 11.9 Å². The topological polar surface area (TPSA) is 24.9 Å². The summed E-state index contributed by atoms with van der Waals surface area (Å²) in [5.74, 6) is 0. The maximum atomic E-state index is 4.37. The molecule has 0 aliphatic carbocycles. The van der Waals surface area contributed by atoms with E-state index in [-0.39, 0.29) is 5.41 Å². The summed E-state index contributed by atoms with van der Waals surface area (Å²) in [6.07, 6.45) is 2.96. The molecule has 1 N–H and O–H groups in total. The van der Waals surface area contributed by atoms with Crippen molar-refractivity contribution in [2.24, 2.45) is 0 Å². The molecule has 0 aliphatic rings. The number of pyridine rings is 1. The zero-order valence-corrected chi connectivity index (χ0v) is 11.7. The molecule has 0 amide bonds. The fraction of sp³-hybridized carbons (Fsp3) is 0.438. The molecule has 1 aromatic carbocycles. The second-order valence-electron chi connectivity index (χ2n) is 5.69. The number of rotatable bonds is 4. The third kappa shape index (κ3) is 2.70. The Kier molecular flexibility index (Phi) is 3.67. The summed E-state index contributed by atoms with van der Waals surface area (Å²) in [6.45, 7) is 6.83. The molecule has 1 atom stereocenters. The number of fused-ring (bicyclic) bond motifs is 1. The van der Waals surface area contributed by atoms with Crippen LogP contribution in [0.1, 0.15) is 32.8 Å². The number of hydrogen-bond acceptors (Lipinski definition) is 2. The van der Waals surface area contributed by atoms with Crippen LogP contribution in [0.25, 0.3) is 10.9 Å². The van der Waals surface area contributed by atoms with Gasteiger partial charge in [-0.1, -0.05) is 26.0 Å². The average molecular weight is 242 g/mol. The molecule has 0 saturated carbocycles. The Labute approximate surface area is 109 Å². The number of nitrogens with one attached hydrogen (secondary N) is 1. The van der Waals surface area contributed by atoms with E-state index in [1.165, 1.54) is 10.9 Å². The summed E-state index contributed by atoms with van der Waals surface area (Å²) in [4.78, 5) is 4.37. The lowest BCUT2D eigenvalue weighted by molar-refractivity contribution is 0.405. The van der Waals surface area contributed by atoms with E-state index in [9.17, 15) is 0 Å². The maximum Gasteiger partial charge on any atom is 0.0702 e. The van der Waals surface area contributed by atoms with Crippen molar-refractivity contribution in [3.8, 4) is 0 Å². The van der Waals surface area contributed by atoms with Gasteiger partial charge in [0.1, 0.15) is 0 Å². The number of benzene rings is 1. The van der Waals surface area contributed by atoms with Gasteiger partial charge in [-0.2, -0.15) is 0 Å². The van der Waals surface area contributed by atoms with Gasteiger partial charge in [0.25, 0.3) is 0 Å². The van der Waals surface area contributed by atoms with Gasteiger partial charge in [-0.15, -0.1) is 0 Å². The first-order valence-corrected chi connectivity index (χ1v) is 6.55. The van der Waals surface area contributed by atoms with Gasteiger partial charge in [0.15, 0.2) is 0 Å². The molecule has 0 fully saturated rings. The van der Waals surface area contributed by atoms with Crippen LogP contribution in [0.15, 0.2) is 36.5 Å². The third-order valence-corrected chi connectivity index (χ3v) is 3.69. The highest BCUT2D eigenvalue weighted by atomic mass is 14.9. The van der Waals surface area contributed by atoms with Crippen LogP contribution in [-0.2, 0) is 5.41 Å². The molecule has 0 radical (unpaired) electrons. The zero-order chi connectivity index (χ0) is 13.2. The maximum absolute atomic E-state index is 4.37. The van der Waals surface area contributed by atoms with Gasteiger partial charge >= 0.3 is 0 Å². The summed E-state index contributed by atoms with van der Waals surface area (Å²) in [7, 11) is 2.02. The summed E-state index contributed by atoms with van der Waals surface area (Å²) < 4.78 is 0. The minimum atomic E-state index is 0.173. The molecular weight excluding hydrogens is 220 g/mol. The van der Waals surface area contributed by atoms with Gasteiger partial charge in [-0.3, -0.25) is 4.98 Å². The molecule has 0 aliphatic heterocycles. The van der Waals surface area contributed by atoms with Crippen molar-refractivity contribution in [2.45, 2.75) is 38.6 Å². The van der Waals surface area contributed by atoms with Gasteiger partial charge in [-0.25, -0.2) is 0 Å². The molecule has 2 heteroatoms. The summed E-state index contributed by atoms with van der Waals surface area (Å²) in [6, 6.07) is 11.2. The fourth-order valence-electron chi connectivity index (χ4n) is 2.48. The first-order valence-electron chi connectivity index (χ1n) is 6.55. The molecule has 0 saturated heterocycles. The van der Waals surface area contributed by atoms with Gasteiger partial charge in [-0.05, 0) is 49.6 Å². The van der Waals surface area contributed by atoms with Crippen molar-refractivity contribution >= 4 is 10.9 Å². The van der Waals surface area contributed by atoms with Crippen molar-refractivity contribution in [1.29, 1.82) is 0 Å². The van der Waals surface area contributed by atoms with E-state index in [4.69, 9.17) is 0 Å². The Balaban J connectivity index is 2.35. The second kappa shape index (κ2) is 5.07. The van der Waals surface area contributed by atoms with E-state index >= 15 is 0 Å². The molecule has 1 aromatic heterocycles. The van der Waals surface area contributed by atoms with E-state index in [1.54, 1.807) is 0 Å². The monoisotopic (exact) mass is 242 g/mol. The predicted molar refractivity (Wildman–Crippen MR) is 77.9 cm³/mol. The molecule has 1 unspecified atom stereocenters. The Morgan fingerprint density at radius 2 is 2.06 bits per heavy atom. The molecule has 2 nitrogen and oxygen atoms in total. The van der Waals surface area contributed by atoms with Crippen LogP contribution in [0.4, 0.5) is 0 Å². The largest absolute Gasteiger partial charge is 0.317 e.